The predicted molar refractivity (Wildman–Crippen MR) is 85.0 cm³/mol. The van der Waals surface area contributed by atoms with Crippen molar-refractivity contribution in [3.05, 3.63) is 65.9 Å². The van der Waals surface area contributed by atoms with Crippen molar-refractivity contribution in [3.8, 4) is 22.8 Å². The molecule has 0 radical (unpaired) electrons. The van der Waals surface area contributed by atoms with E-state index in [1.165, 1.54) is 18.3 Å². The Morgan fingerprint density at radius 1 is 1.04 bits per heavy atom. The first kappa shape index (κ1) is 16.2. The second-order valence-electron chi connectivity index (χ2n) is 5.58. The number of benzene rings is 2. The monoisotopic (exact) mass is 360 g/mol. The van der Waals surface area contributed by atoms with Gasteiger partial charge < -0.3 is 9.47 Å². The normalized spacial score (nSPS) is 13.0. The molecule has 0 amide bonds. The Balaban J connectivity index is 1.72. The van der Waals surface area contributed by atoms with Crippen molar-refractivity contribution in [1.82, 2.24) is 9.78 Å². The van der Waals surface area contributed by atoms with Crippen LogP contribution in [0.5, 0.6) is 11.5 Å². The molecule has 5 nitrogen and oxygen atoms in total. The number of carbonyl (C=O) groups is 1. The van der Waals surface area contributed by atoms with Gasteiger partial charge in [0.05, 0.1) is 17.5 Å². The molecule has 4 rings (SSSR count). The first-order valence-corrected chi connectivity index (χ1v) is 7.59. The highest BCUT2D eigenvalue weighted by atomic mass is 19.4. The third-order valence-electron chi connectivity index (χ3n) is 3.94. The van der Waals surface area contributed by atoms with E-state index < -0.39 is 17.6 Å². The molecule has 1 aromatic heterocycles. The zero-order valence-electron chi connectivity index (χ0n) is 13.2. The van der Waals surface area contributed by atoms with E-state index in [4.69, 9.17) is 9.47 Å². The highest BCUT2D eigenvalue weighted by molar-refractivity contribution is 5.98. The molecule has 0 unspecified atom stereocenters. The lowest BCUT2D eigenvalue weighted by atomic mass is 10.1. The van der Waals surface area contributed by atoms with E-state index >= 15 is 0 Å². The van der Waals surface area contributed by atoms with Gasteiger partial charge in [0.2, 0.25) is 6.79 Å². The Bertz CT molecular complexity index is 995. The molecule has 8 heteroatoms. The number of carbonyl (C=O) groups excluding carboxylic acids is 1. The lowest BCUT2D eigenvalue weighted by molar-refractivity contribution is -0.137. The first-order valence-electron chi connectivity index (χ1n) is 7.59. The van der Waals surface area contributed by atoms with Crippen LogP contribution in [0.1, 0.15) is 15.9 Å². The van der Waals surface area contributed by atoms with Crippen LogP contribution in [-0.4, -0.2) is 22.5 Å². The van der Waals surface area contributed by atoms with Gasteiger partial charge in [0.25, 0.3) is 5.91 Å². The minimum atomic E-state index is -4.53. The maximum absolute atomic E-state index is 12.9. The van der Waals surface area contributed by atoms with Crippen molar-refractivity contribution in [1.29, 1.82) is 0 Å². The molecule has 0 saturated carbocycles. The number of nitrogens with zero attached hydrogens (tertiary/aromatic N) is 2. The number of fused-ring (bicyclic) bond motifs is 1. The van der Waals surface area contributed by atoms with Crippen molar-refractivity contribution in [3.63, 3.8) is 0 Å². The Hall–Kier alpha value is -3.29. The summed E-state index contributed by atoms with van der Waals surface area (Å²) in [7, 11) is 0. The number of halogens is 3. The molecule has 3 aromatic rings. The molecule has 0 aliphatic carbocycles. The number of rotatable bonds is 2. The second-order valence-corrected chi connectivity index (χ2v) is 5.58. The SMILES string of the molecule is O=C(c1cccc(C(F)(F)F)c1)n1nccc1-c1ccc2c(c1)OCO2. The molecule has 2 aromatic carbocycles. The van der Waals surface area contributed by atoms with Crippen LogP contribution < -0.4 is 9.47 Å². The Kier molecular flexibility index (Phi) is 3.68. The van der Waals surface area contributed by atoms with Crippen LogP contribution in [0.4, 0.5) is 13.2 Å². The maximum atomic E-state index is 12.9. The molecule has 2 heterocycles. The summed E-state index contributed by atoms with van der Waals surface area (Å²) in [6.45, 7) is 0.112. The summed E-state index contributed by atoms with van der Waals surface area (Å²) in [4.78, 5) is 12.7. The Labute approximate surface area is 145 Å². The molecule has 0 fully saturated rings. The third kappa shape index (κ3) is 2.79. The number of alkyl halides is 3. The quantitative estimate of drug-likeness (QED) is 0.694. The van der Waals surface area contributed by atoms with Crippen LogP contribution in [-0.2, 0) is 6.18 Å². The number of aromatic nitrogens is 2. The molecule has 26 heavy (non-hydrogen) atoms. The van der Waals surface area contributed by atoms with Crippen molar-refractivity contribution in [2.24, 2.45) is 0 Å². The molecular formula is C18H11F3N2O3. The highest BCUT2D eigenvalue weighted by Crippen LogP contribution is 2.36. The average Bonchev–Trinajstić information content (AvgIpc) is 3.28. The lowest BCUT2D eigenvalue weighted by Crippen LogP contribution is -2.16. The second kappa shape index (κ2) is 5.91. The number of hydrogen-bond acceptors (Lipinski definition) is 4. The van der Waals surface area contributed by atoms with E-state index in [9.17, 15) is 18.0 Å². The van der Waals surface area contributed by atoms with E-state index in [0.29, 0.717) is 22.8 Å². The van der Waals surface area contributed by atoms with E-state index in [0.717, 1.165) is 16.8 Å². The predicted octanol–water partition coefficient (Wildman–Crippen LogP) is 3.99. The van der Waals surface area contributed by atoms with Crippen molar-refractivity contribution in [2.75, 3.05) is 6.79 Å². The summed E-state index contributed by atoms with van der Waals surface area (Å²) in [6.07, 6.45) is -3.12. The van der Waals surface area contributed by atoms with E-state index in [1.54, 1.807) is 24.3 Å². The van der Waals surface area contributed by atoms with Crippen molar-refractivity contribution in [2.45, 2.75) is 6.18 Å². The molecule has 0 spiro atoms. The van der Waals surface area contributed by atoms with Gasteiger partial charge in [-0.15, -0.1) is 0 Å². The highest BCUT2D eigenvalue weighted by Gasteiger charge is 2.31. The summed E-state index contributed by atoms with van der Waals surface area (Å²) in [5, 5.41) is 3.97. The van der Waals surface area contributed by atoms with Crippen LogP contribution in [0.15, 0.2) is 54.7 Å². The van der Waals surface area contributed by atoms with Gasteiger partial charge in [-0.3, -0.25) is 4.79 Å². The van der Waals surface area contributed by atoms with Crippen LogP contribution >= 0.6 is 0 Å². The van der Waals surface area contributed by atoms with E-state index in [2.05, 4.69) is 5.10 Å². The molecule has 0 atom stereocenters. The summed E-state index contributed by atoms with van der Waals surface area (Å²) in [5.74, 6) is 0.458. The summed E-state index contributed by atoms with van der Waals surface area (Å²) in [5.41, 5.74) is 0.0726. The van der Waals surface area contributed by atoms with Gasteiger partial charge in [-0.25, -0.2) is 0 Å². The molecular weight excluding hydrogens is 349 g/mol. The zero-order valence-corrected chi connectivity index (χ0v) is 13.2. The summed E-state index contributed by atoms with van der Waals surface area (Å²) in [6, 6.07) is 11.0. The topological polar surface area (TPSA) is 53.4 Å². The van der Waals surface area contributed by atoms with Crippen molar-refractivity contribution < 1.29 is 27.4 Å². The molecule has 1 aliphatic rings. The first-order chi connectivity index (χ1) is 12.4. The fourth-order valence-electron chi connectivity index (χ4n) is 2.69. The van der Waals surface area contributed by atoms with Gasteiger partial charge in [0, 0.05) is 11.1 Å². The van der Waals surface area contributed by atoms with Gasteiger partial charge in [0.15, 0.2) is 11.5 Å². The Morgan fingerprint density at radius 2 is 1.85 bits per heavy atom. The molecule has 0 saturated heterocycles. The lowest BCUT2D eigenvalue weighted by Gasteiger charge is -2.10. The van der Waals surface area contributed by atoms with Gasteiger partial charge in [0.1, 0.15) is 0 Å². The molecule has 0 bridgehead atoms. The fraction of sp³-hybridized carbons (Fsp3) is 0.111. The summed E-state index contributed by atoms with van der Waals surface area (Å²) >= 11 is 0. The Morgan fingerprint density at radius 3 is 2.65 bits per heavy atom. The number of hydrogen-bond donors (Lipinski definition) is 0. The number of ether oxygens (including phenoxy) is 2. The van der Waals surface area contributed by atoms with Gasteiger partial charge in [-0.05, 0) is 42.5 Å². The fourth-order valence-corrected chi connectivity index (χ4v) is 2.69. The van der Waals surface area contributed by atoms with E-state index in [-0.39, 0.29) is 12.4 Å². The van der Waals surface area contributed by atoms with Crippen LogP contribution in [0.3, 0.4) is 0 Å². The largest absolute Gasteiger partial charge is 0.454 e. The molecule has 132 valence electrons. The molecule has 0 N–H and O–H groups in total. The van der Waals surface area contributed by atoms with Crippen LogP contribution in [0.25, 0.3) is 11.3 Å². The van der Waals surface area contributed by atoms with Crippen LogP contribution in [0.2, 0.25) is 0 Å². The average molecular weight is 360 g/mol. The zero-order chi connectivity index (χ0) is 18.3. The van der Waals surface area contributed by atoms with Gasteiger partial charge >= 0.3 is 6.18 Å². The van der Waals surface area contributed by atoms with Crippen molar-refractivity contribution >= 4 is 5.91 Å². The minimum absolute atomic E-state index is 0.106. The smallest absolute Gasteiger partial charge is 0.416 e. The summed E-state index contributed by atoms with van der Waals surface area (Å²) < 4.78 is 50.3. The third-order valence-corrected chi connectivity index (χ3v) is 3.94. The van der Waals surface area contributed by atoms with Crippen LogP contribution in [0, 0.1) is 0 Å². The maximum Gasteiger partial charge on any atom is 0.416 e. The van der Waals surface area contributed by atoms with Gasteiger partial charge in [-0.2, -0.15) is 23.0 Å². The standard InChI is InChI=1S/C18H11F3N2O3/c19-18(20,21)13-3-1-2-12(8-13)17(24)23-14(6-7-22-23)11-4-5-15-16(9-11)26-10-25-15/h1-9H,10H2. The minimum Gasteiger partial charge on any atom is -0.454 e. The van der Waals surface area contributed by atoms with Gasteiger partial charge in [-0.1, -0.05) is 6.07 Å². The molecule has 1 aliphatic heterocycles. The van der Waals surface area contributed by atoms with E-state index in [1.807, 2.05) is 0 Å².